The second-order valence-corrected chi connectivity index (χ2v) is 4.76. The molecule has 8 heteroatoms. The van der Waals surface area contributed by atoms with Crippen molar-refractivity contribution in [2.45, 2.75) is 0 Å². The summed E-state index contributed by atoms with van der Waals surface area (Å²) in [6.45, 7) is 0. The zero-order valence-electron chi connectivity index (χ0n) is 12.9. The molecule has 2 aromatic carbocycles. The number of para-hydroxylation sites is 1. The van der Waals surface area contributed by atoms with Crippen LogP contribution in [0.25, 0.3) is 22.8 Å². The molecule has 0 aliphatic carbocycles. The van der Waals surface area contributed by atoms with Gasteiger partial charge in [-0.15, -0.1) is 0 Å². The van der Waals surface area contributed by atoms with E-state index in [0.29, 0.717) is 17.1 Å². The highest BCUT2D eigenvalue weighted by atomic mass is 16.6. The van der Waals surface area contributed by atoms with Gasteiger partial charge in [0.15, 0.2) is 0 Å². The molecule has 0 unspecified atom stereocenters. The quantitative estimate of drug-likeness (QED) is 0.523. The van der Waals surface area contributed by atoms with Gasteiger partial charge >= 0.3 is 0 Å². The first-order valence-corrected chi connectivity index (χ1v) is 6.94. The topological polar surface area (TPSA) is 101 Å². The molecule has 0 atom stereocenters. The van der Waals surface area contributed by atoms with Gasteiger partial charge in [-0.3, -0.25) is 10.1 Å². The lowest BCUT2D eigenvalue weighted by molar-refractivity contribution is -0.384. The summed E-state index contributed by atoms with van der Waals surface area (Å²) in [5, 5.41) is 15.0. The van der Waals surface area contributed by atoms with Gasteiger partial charge in [-0.2, -0.15) is 4.98 Å². The van der Waals surface area contributed by atoms with E-state index in [4.69, 9.17) is 14.0 Å². The van der Waals surface area contributed by atoms with Gasteiger partial charge in [-0.25, -0.2) is 0 Å². The molecule has 0 saturated carbocycles. The van der Waals surface area contributed by atoms with Crippen LogP contribution in [-0.4, -0.2) is 29.3 Å². The molecular formula is C16H13N3O5. The zero-order valence-corrected chi connectivity index (χ0v) is 12.9. The Morgan fingerprint density at radius 2 is 1.88 bits per heavy atom. The summed E-state index contributed by atoms with van der Waals surface area (Å²) in [5.74, 6) is 1.46. The van der Waals surface area contributed by atoms with Crippen molar-refractivity contribution in [2.24, 2.45) is 0 Å². The van der Waals surface area contributed by atoms with Crippen LogP contribution in [0.5, 0.6) is 11.5 Å². The van der Waals surface area contributed by atoms with Gasteiger partial charge < -0.3 is 14.0 Å². The van der Waals surface area contributed by atoms with Crippen LogP contribution in [0.4, 0.5) is 5.69 Å². The number of rotatable bonds is 5. The van der Waals surface area contributed by atoms with Crippen molar-refractivity contribution in [3.05, 3.63) is 52.6 Å². The fourth-order valence-electron chi connectivity index (χ4n) is 2.24. The molecule has 1 heterocycles. The summed E-state index contributed by atoms with van der Waals surface area (Å²) in [6.07, 6.45) is 0. The molecule has 8 nitrogen and oxygen atoms in total. The summed E-state index contributed by atoms with van der Waals surface area (Å²) in [4.78, 5) is 14.9. The van der Waals surface area contributed by atoms with E-state index in [-0.39, 0.29) is 23.0 Å². The van der Waals surface area contributed by atoms with E-state index >= 15 is 0 Å². The monoisotopic (exact) mass is 327 g/mol. The molecule has 3 rings (SSSR count). The van der Waals surface area contributed by atoms with E-state index in [1.54, 1.807) is 43.5 Å². The number of nitro benzene ring substituents is 1. The third-order valence-electron chi connectivity index (χ3n) is 3.41. The van der Waals surface area contributed by atoms with Crippen LogP contribution in [0, 0.1) is 10.1 Å². The number of aromatic nitrogens is 2. The Kier molecular flexibility index (Phi) is 4.11. The molecule has 0 N–H and O–H groups in total. The summed E-state index contributed by atoms with van der Waals surface area (Å²) >= 11 is 0. The Morgan fingerprint density at radius 1 is 1.08 bits per heavy atom. The van der Waals surface area contributed by atoms with Gasteiger partial charge in [0, 0.05) is 12.1 Å². The van der Waals surface area contributed by atoms with Crippen LogP contribution < -0.4 is 9.47 Å². The van der Waals surface area contributed by atoms with Crippen molar-refractivity contribution >= 4 is 5.69 Å². The predicted octanol–water partition coefficient (Wildman–Crippen LogP) is 3.33. The molecule has 24 heavy (non-hydrogen) atoms. The lowest BCUT2D eigenvalue weighted by atomic mass is 10.1. The molecular weight excluding hydrogens is 314 g/mol. The Bertz CT molecular complexity index is 891. The normalized spacial score (nSPS) is 10.4. The number of methoxy groups -OCH3 is 2. The lowest BCUT2D eigenvalue weighted by Gasteiger charge is -2.07. The van der Waals surface area contributed by atoms with E-state index in [1.807, 2.05) is 0 Å². The first-order valence-electron chi connectivity index (χ1n) is 6.94. The SMILES string of the molecule is COc1ccc(-c2noc(-c3ccccc3[N+](=O)[O-])n2)c(OC)c1. The minimum atomic E-state index is -0.493. The number of ether oxygens (including phenoxy) is 2. The summed E-state index contributed by atoms with van der Waals surface area (Å²) in [6, 6.07) is 11.3. The minimum absolute atomic E-state index is 0.0650. The molecule has 0 bridgehead atoms. The second-order valence-electron chi connectivity index (χ2n) is 4.76. The molecule has 0 aliphatic heterocycles. The Balaban J connectivity index is 2.05. The zero-order chi connectivity index (χ0) is 17.1. The molecule has 0 spiro atoms. The molecule has 1 aromatic heterocycles. The third kappa shape index (κ3) is 2.76. The average molecular weight is 327 g/mol. The molecule has 122 valence electrons. The number of hydrogen-bond acceptors (Lipinski definition) is 7. The first kappa shape index (κ1) is 15.5. The van der Waals surface area contributed by atoms with Crippen LogP contribution in [0.1, 0.15) is 0 Å². The van der Waals surface area contributed by atoms with E-state index in [0.717, 1.165) is 0 Å². The maximum Gasteiger partial charge on any atom is 0.282 e. The first-order chi connectivity index (χ1) is 11.6. The number of benzene rings is 2. The molecule has 0 fully saturated rings. The van der Waals surface area contributed by atoms with Gasteiger partial charge in [0.1, 0.15) is 17.1 Å². The van der Waals surface area contributed by atoms with E-state index in [2.05, 4.69) is 10.1 Å². The van der Waals surface area contributed by atoms with Crippen LogP contribution >= 0.6 is 0 Å². The van der Waals surface area contributed by atoms with Crippen molar-refractivity contribution in [3.63, 3.8) is 0 Å². The van der Waals surface area contributed by atoms with Crippen LogP contribution in [-0.2, 0) is 0 Å². The van der Waals surface area contributed by atoms with Crippen LogP contribution in [0.2, 0.25) is 0 Å². The Hall–Kier alpha value is -3.42. The standard InChI is InChI=1S/C16H13N3O5/c1-22-10-7-8-12(14(9-10)23-2)15-17-16(24-18-15)11-5-3-4-6-13(11)19(20)21/h3-9H,1-2H3. The van der Waals surface area contributed by atoms with Crippen molar-refractivity contribution in [2.75, 3.05) is 14.2 Å². The molecule has 3 aromatic rings. The van der Waals surface area contributed by atoms with Crippen molar-refractivity contribution in [1.29, 1.82) is 0 Å². The van der Waals surface area contributed by atoms with Gasteiger partial charge in [0.25, 0.3) is 11.6 Å². The maximum absolute atomic E-state index is 11.1. The van der Waals surface area contributed by atoms with E-state index in [9.17, 15) is 10.1 Å². The molecule has 0 aliphatic rings. The summed E-state index contributed by atoms with van der Waals surface area (Å²) in [5.41, 5.74) is 0.745. The smallest absolute Gasteiger partial charge is 0.282 e. The van der Waals surface area contributed by atoms with Crippen LogP contribution in [0.3, 0.4) is 0 Å². The fraction of sp³-hybridized carbons (Fsp3) is 0.125. The third-order valence-corrected chi connectivity index (χ3v) is 3.41. The van der Waals surface area contributed by atoms with Gasteiger partial charge in [-0.05, 0) is 18.2 Å². The minimum Gasteiger partial charge on any atom is -0.497 e. The summed E-state index contributed by atoms with van der Waals surface area (Å²) < 4.78 is 15.7. The highest BCUT2D eigenvalue weighted by Crippen LogP contribution is 2.34. The number of nitrogens with zero attached hydrogens (tertiary/aromatic N) is 3. The Labute approximate surface area is 136 Å². The highest BCUT2D eigenvalue weighted by molar-refractivity contribution is 5.70. The second kappa shape index (κ2) is 6.37. The fourth-order valence-corrected chi connectivity index (χ4v) is 2.24. The lowest BCUT2D eigenvalue weighted by Crippen LogP contribution is -1.92. The van der Waals surface area contributed by atoms with Gasteiger partial charge in [-0.1, -0.05) is 17.3 Å². The number of hydrogen-bond donors (Lipinski definition) is 0. The van der Waals surface area contributed by atoms with Gasteiger partial charge in [0.2, 0.25) is 5.82 Å². The van der Waals surface area contributed by atoms with E-state index < -0.39 is 4.92 Å². The Morgan fingerprint density at radius 3 is 2.58 bits per heavy atom. The van der Waals surface area contributed by atoms with Crippen molar-refractivity contribution in [3.8, 4) is 34.3 Å². The average Bonchev–Trinajstić information content (AvgIpc) is 3.10. The highest BCUT2D eigenvalue weighted by Gasteiger charge is 2.21. The molecule has 0 saturated heterocycles. The van der Waals surface area contributed by atoms with Crippen LogP contribution in [0.15, 0.2) is 47.0 Å². The van der Waals surface area contributed by atoms with E-state index in [1.165, 1.54) is 13.2 Å². The van der Waals surface area contributed by atoms with Crippen molar-refractivity contribution < 1.29 is 18.9 Å². The van der Waals surface area contributed by atoms with Gasteiger partial charge in [0.05, 0.1) is 24.7 Å². The predicted molar refractivity (Wildman–Crippen MR) is 84.9 cm³/mol. The number of nitro groups is 1. The van der Waals surface area contributed by atoms with Crippen molar-refractivity contribution in [1.82, 2.24) is 10.1 Å². The largest absolute Gasteiger partial charge is 0.497 e. The summed E-state index contributed by atoms with van der Waals surface area (Å²) in [7, 11) is 3.07. The maximum atomic E-state index is 11.1. The molecule has 0 amide bonds. The molecule has 0 radical (unpaired) electrons.